The van der Waals surface area contributed by atoms with E-state index < -0.39 is 6.23 Å². The molecule has 2 rings (SSSR count). The zero-order valence-corrected chi connectivity index (χ0v) is 13.2. The first-order chi connectivity index (χ1) is 10.3. The van der Waals surface area contributed by atoms with Crippen molar-refractivity contribution >= 4 is 19.8 Å². The van der Waals surface area contributed by atoms with Gasteiger partial charge in [0.25, 0.3) is 5.91 Å². The standard InChI is InChI=1S/C14H21BN4O3/c1-9-6-19(10(2)16-13(9)20)12-8-18(14(21)17(3)4)7-11(5-15)22-12/h6,11-12H,2,5,7-8H2,1,3-4H3,(H,16,20). The van der Waals surface area contributed by atoms with E-state index in [1.807, 2.05) is 0 Å². The molecule has 1 N–H and O–H groups in total. The Morgan fingerprint density at radius 3 is 2.82 bits per heavy atom. The second kappa shape index (κ2) is 6.43. The summed E-state index contributed by atoms with van der Waals surface area (Å²) >= 11 is 0. The van der Waals surface area contributed by atoms with Gasteiger partial charge in [0, 0.05) is 32.4 Å². The van der Waals surface area contributed by atoms with Gasteiger partial charge in [0.1, 0.15) is 5.82 Å². The van der Waals surface area contributed by atoms with Gasteiger partial charge in [-0.2, -0.15) is 0 Å². The number of nitrogens with zero attached hydrogens (tertiary/aromatic N) is 3. The van der Waals surface area contributed by atoms with Gasteiger partial charge in [-0.25, -0.2) is 4.79 Å². The number of urea groups is 1. The quantitative estimate of drug-likeness (QED) is 0.734. The number of carbonyl (C=O) groups excluding carboxylic acids is 2. The Balaban J connectivity index is 2.20. The normalized spacial score (nSPS) is 25.7. The van der Waals surface area contributed by atoms with E-state index in [1.165, 1.54) is 4.90 Å². The summed E-state index contributed by atoms with van der Waals surface area (Å²) < 4.78 is 5.92. The second-order valence-electron chi connectivity index (χ2n) is 5.65. The zero-order valence-electron chi connectivity index (χ0n) is 13.2. The predicted octanol–water partition coefficient (Wildman–Crippen LogP) is 0.0885. The van der Waals surface area contributed by atoms with Gasteiger partial charge in [0.2, 0.25) is 0 Å². The van der Waals surface area contributed by atoms with Crippen molar-refractivity contribution in [1.82, 2.24) is 20.0 Å². The highest BCUT2D eigenvalue weighted by atomic mass is 16.5. The molecular formula is C14H21BN4O3. The van der Waals surface area contributed by atoms with Crippen molar-refractivity contribution in [2.24, 2.45) is 0 Å². The minimum atomic E-state index is -0.436. The van der Waals surface area contributed by atoms with E-state index in [-0.39, 0.29) is 18.0 Å². The molecule has 2 atom stereocenters. The predicted molar refractivity (Wildman–Crippen MR) is 82.8 cm³/mol. The van der Waals surface area contributed by atoms with Crippen molar-refractivity contribution < 1.29 is 14.3 Å². The second-order valence-corrected chi connectivity index (χ2v) is 5.65. The summed E-state index contributed by atoms with van der Waals surface area (Å²) in [4.78, 5) is 28.8. The summed E-state index contributed by atoms with van der Waals surface area (Å²) in [5, 5.41) is 2.68. The lowest BCUT2D eigenvalue weighted by molar-refractivity contribution is -0.126. The van der Waals surface area contributed by atoms with E-state index in [1.54, 1.807) is 37.0 Å². The van der Waals surface area contributed by atoms with E-state index >= 15 is 0 Å². The largest absolute Gasteiger partial charge is 0.352 e. The molecule has 2 aliphatic rings. The summed E-state index contributed by atoms with van der Waals surface area (Å²) in [7, 11) is 9.12. The first-order valence-corrected chi connectivity index (χ1v) is 7.12. The fourth-order valence-corrected chi connectivity index (χ4v) is 2.44. The number of amides is 3. The third kappa shape index (κ3) is 3.27. The molecule has 3 amide bonds. The molecule has 118 valence electrons. The van der Waals surface area contributed by atoms with Crippen LogP contribution in [0.5, 0.6) is 0 Å². The van der Waals surface area contributed by atoms with Gasteiger partial charge >= 0.3 is 6.03 Å². The van der Waals surface area contributed by atoms with Gasteiger partial charge in [-0.3, -0.25) is 4.79 Å². The molecule has 1 saturated heterocycles. The van der Waals surface area contributed by atoms with Crippen molar-refractivity contribution in [2.45, 2.75) is 25.6 Å². The lowest BCUT2D eigenvalue weighted by atomic mass is 9.98. The van der Waals surface area contributed by atoms with Crippen LogP contribution in [0.25, 0.3) is 0 Å². The van der Waals surface area contributed by atoms with E-state index in [0.29, 0.717) is 30.8 Å². The van der Waals surface area contributed by atoms with E-state index in [0.717, 1.165) is 0 Å². The zero-order chi connectivity index (χ0) is 16.4. The summed E-state index contributed by atoms with van der Waals surface area (Å²) in [6, 6.07) is -0.0980. The van der Waals surface area contributed by atoms with E-state index in [4.69, 9.17) is 12.6 Å². The third-order valence-corrected chi connectivity index (χ3v) is 3.64. The van der Waals surface area contributed by atoms with Crippen LogP contribution in [0.4, 0.5) is 4.79 Å². The molecule has 7 nitrogen and oxygen atoms in total. The van der Waals surface area contributed by atoms with Crippen LogP contribution in [0, 0.1) is 0 Å². The van der Waals surface area contributed by atoms with Crippen LogP contribution in [0.15, 0.2) is 24.2 Å². The number of hydrogen-bond acceptors (Lipinski definition) is 4. The summed E-state index contributed by atoms with van der Waals surface area (Å²) in [5.74, 6) is 0.240. The van der Waals surface area contributed by atoms with E-state index in [9.17, 15) is 9.59 Å². The molecule has 0 saturated carbocycles. The molecule has 2 heterocycles. The van der Waals surface area contributed by atoms with Gasteiger partial charge in [-0.05, 0) is 6.92 Å². The molecule has 0 aromatic heterocycles. The maximum absolute atomic E-state index is 12.2. The maximum Gasteiger partial charge on any atom is 0.319 e. The molecule has 22 heavy (non-hydrogen) atoms. The van der Waals surface area contributed by atoms with Crippen LogP contribution in [0.2, 0.25) is 6.32 Å². The Bertz CT molecular complexity index is 520. The number of carbonyl (C=O) groups is 2. The average molecular weight is 304 g/mol. The van der Waals surface area contributed by atoms with Crippen LogP contribution in [0.1, 0.15) is 6.92 Å². The number of ether oxygens (including phenoxy) is 1. The van der Waals surface area contributed by atoms with Gasteiger partial charge < -0.3 is 24.8 Å². The van der Waals surface area contributed by atoms with Crippen molar-refractivity contribution in [3.63, 3.8) is 0 Å². The Hall–Kier alpha value is -1.96. The first kappa shape index (κ1) is 16.4. The van der Waals surface area contributed by atoms with Crippen LogP contribution >= 0.6 is 0 Å². The number of morpholine rings is 1. The van der Waals surface area contributed by atoms with Crippen molar-refractivity contribution in [1.29, 1.82) is 0 Å². The Labute approximate surface area is 132 Å². The molecule has 0 spiro atoms. The molecule has 0 aromatic carbocycles. The monoisotopic (exact) mass is 304 g/mol. The van der Waals surface area contributed by atoms with Gasteiger partial charge in [-0.15, -0.1) is 0 Å². The van der Waals surface area contributed by atoms with Crippen molar-refractivity contribution in [3.8, 4) is 0 Å². The molecule has 1 fully saturated rings. The van der Waals surface area contributed by atoms with Gasteiger partial charge in [0.05, 0.1) is 20.5 Å². The van der Waals surface area contributed by atoms with Crippen molar-refractivity contribution in [2.75, 3.05) is 27.2 Å². The number of rotatable bonds is 2. The fourth-order valence-electron chi connectivity index (χ4n) is 2.44. The maximum atomic E-state index is 12.2. The topological polar surface area (TPSA) is 65.1 Å². The highest BCUT2D eigenvalue weighted by molar-refractivity contribution is 6.08. The average Bonchev–Trinajstić information content (AvgIpc) is 2.49. The molecule has 2 aliphatic heterocycles. The minimum Gasteiger partial charge on any atom is -0.352 e. The van der Waals surface area contributed by atoms with Crippen LogP contribution in [-0.4, -0.2) is 74.0 Å². The third-order valence-electron chi connectivity index (χ3n) is 3.64. The fraction of sp³-hybridized carbons (Fsp3) is 0.571. The number of nitrogens with one attached hydrogen (secondary N) is 1. The lowest BCUT2D eigenvalue weighted by Crippen LogP contribution is -2.58. The Morgan fingerprint density at radius 1 is 1.55 bits per heavy atom. The van der Waals surface area contributed by atoms with Crippen molar-refractivity contribution in [3.05, 3.63) is 24.2 Å². The SMILES string of the molecule is [B]CC1CN(C(=O)N(C)C)CC(N2C=C(C)C(=O)NC2=C)O1. The molecule has 2 unspecified atom stereocenters. The molecule has 0 aliphatic carbocycles. The Kier molecular flexibility index (Phi) is 4.80. The van der Waals surface area contributed by atoms with Crippen LogP contribution in [-0.2, 0) is 9.53 Å². The number of hydrogen-bond donors (Lipinski definition) is 1. The van der Waals surface area contributed by atoms with Crippen LogP contribution in [0.3, 0.4) is 0 Å². The highest BCUT2D eigenvalue weighted by Crippen LogP contribution is 2.22. The Morgan fingerprint density at radius 2 is 2.23 bits per heavy atom. The molecule has 8 heteroatoms. The van der Waals surface area contributed by atoms with Gasteiger partial charge in [-0.1, -0.05) is 12.9 Å². The smallest absolute Gasteiger partial charge is 0.319 e. The summed E-state index contributed by atoms with van der Waals surface area (Å²) in [6.45, 7) is 6.36. The highest BCUT2D eigenvalue weighted by Gasteiger charge is 2.35. The van der Waals surface area contributed by atoms with E-state index in [2.05, 4.69) is 11.9 Å². The molecule has 0 bridgehead atoms. The summed E-state index contributed by atoms with van der Waals surface area (Å²) in [5.41, 5.74) is 0.552. The molecular weight excluding hydrogens is 283 g/mol. The first-order valence-electron chi connectivity index (χ1n) is 7.12. The lowest BCUT2D eigenvalue weighted by Gasteiger charge is -2.44. The molecule has 2 radical (unpaired) electrons. The van der Waals surface area contributed by atoms with Gasteiger partial charge in [0.15, 0.2) is 6.23 Å². The molecule has 0 aromatic rings. The van der Waals surface area contributed by atoms with Crippen LogP contribution < -0.4 is 5.32 Å². The minimum absolute atomic E-state index is 0.0980. The summed E-state index contributed by atoms with van der Waals surface area (Å²) in [6.07, 6.45) is 1.29.